The van der Waals surface area contributed by atoms with Gasteiger partial charge in [0.1, 0.15) is 12.4 Å². The Morgan fingerprint density at radius 2 is 2.24 bits per heavy atom. The average molecular weight is 356 g/mol. The third-order valence-electron chi connectivity index (χ3n) is 2.03. The van der Waals surface area contributed by atoms with Gasteiger partial charge < -0.3 is 0 Å². The van der Waals surface area contributed by atoms with Crippen LogP contribution in [0.3, 0.4) is 0 Å². The Balaban J connectivity index is 3.15. The third-order valence-corrected chi connectivity index (χ3v) is 2.52. The number of amides is 1. The van der Waals surface area contributed by atoms with Crippen LogP contribution in [0.25, 0.3) is 0 Å². The van der Waals surface area contributed by atoms with Crippen LogP contribution in [0.15, 0.2) is 30.5 Å². The van der Waals surface area contributed by atoms with E-state index in [2.05, 4.69) is 15.1 Å². The van der Waals surface area contributed by atoms with E-state index in [1.807, 2.05) is 0 Å². The van der Waals surface area contributed by atoms with Crippen molar-refractivity contribution < 1.29 is 18.0 Å². The molecular weight excluding hydrogens is 348 g/mol. The molecule has 17 heavy (non-hydrogen) atoms. The van der Waals surface area contributed by atoms with E-state index in [9.17, 15) is 18.0 Å². The van der Waals surface area contributed by atoms with Gasteiger partial charge in [-0.1, -0.05) is 6.58 Å². The molecule has 0 radical (unpaired) electrons. The van der Waals surface area contributed by atoms with Crippen LogP contribution in [0, 0.1) is 0 Å². The number of hydrogen-bond donors (Lipinski definition) is 1. The highest BCUT2D eigenvalue weighted by Gasteiger charge is 2.37. The second-order valence-electron chi connectivity index (χ2n) is 3.16. The molecule has 1 aromatic rings. The zero-order chi connectivity index (χ0) is 13.1. The number of carbonyl (C=O) groups is 1. The predicted molar refractivity (Wildman–Crippen MR) is 64.7 cm³/mol. The van der Waals surface area contributed by atoms with Gasteiger partial charge in [0.25, 0.3) is 5.91 Å². The molecule has 1 N–H and O–H groups in total. The lowest BCUT2D eigenvalue weighted by molar-refractivity contribution is 0.0277. The highest BCUT2D eigenvalue weighted by Crippen LogP contribution is 2.33. The van der Waals surface area contributed by atoms with E-state index in [0.717, 1.165) is 12.3 Å². The van der Waals surface area contributed by atoms with E-state index in [4.69, 9.17) is 0 Å². The first-order valence-electron chi connectivity index (χ1n) is 4.43. The van der Waals surface area contributed by atoms with E-state index in [1.165, 1.54) is 6.07 Å². The highest BCUT2D eigenvalue weighted by molar-refractivity contribution is 14.1. The van der Waals surface area contributed by atoms with E-state index in [-0.39, 0.29) is 5.56 Å². The van der Waals surface area contributed by atoms with Crippen molar-refractivity contribution in [1.82, 2.24) is 8.51 Å². The van der Waals surface area contributed by atoms with Crippen LogP contribution in [-0.4, -0.2) is 17.6 Å². The Morgan fingerprint density at radius 1 is 1.59 bits per heavy atom. The molecule has 1 rings (SSSR count). The summed E-state index contributed by atoms with van der Waals surface area (Å²) in [5.74, 6) is -4.12. The van der Waals surface area contributed by atoms with Crippen molar-refractivity contribution in [3.63, 3.8) is 0 Å². The molecule has 0 atom stereocenters. The van der Waals surface area contributed by atoms with E-state index in [0.29, 0.717) is 0 Å². The molecule has 0 fully saturated rings. The summed E-state index contributed by atoms with van der Waals surface area (Å²) in [6.07, 6.45) is 1.07. The fourth-order valence-electron chi connectivity index (χ4n) is 1.06. The summed E-state index contributed by atoms with van der Waals surface area (Å²) in [6.45, 7) is 1.60. The fraction of sp³-hybridized carbons (Fsp3) is 0.200. The minimum Gasteiger partial charge on any atom is -0.295 e. The quantitative estimate of drug-likeness (QED) is 0.512. The van der Waals surface area contributed by atoms with E-state index < -0.39 is 29.8 Å². The number of pyridine rings is 1. The van der Waals surface area contributed by atoms with Crippen LogP contribution in [-0.2, 0) is 5.92 Å². The molecule has 0 aliphatic heterocycles. The number of hydrogen-bond acceptors (Lipinski definition) is 2. The summed E-state index contributed by atoms with van der Waals surface area (Å²) >= 11 is 1.59. The fourth-order valence-corrected chi connectivity index (χ4v) is 1.37. The number of alkyl halides is 3. The monoisotopic (exact) mass is 356 g/mol. The molecule has 92 valence electrons. The smallest absolute Gasteiger partial charge is 0.295 e. The second kappa shape index (κ2) is 5.48. The number of carbonyl (C=O) groups excluding carboxylic acids is 1. The molecule has 0 unspecified atom stereocenters. The van der Waals surface area contributed by atoms with Crippen LogP contribution in [0.5, 0.6) is 0 Å². The van der Waals surface area contributed by atoms with Gasteiger partial charge in [-0.15, -0.1) is 0 Å². The lowest BCUT2D eigenvalue weighted by Crippen LogP contribution is -2.21. The SMILES string of the molecule is C=C(CF)C(F)(F)c1cc(C(=O)NI)ccn1. The van der Waals surface area contributed by atoms with Crippen molar-refractivity contribution in [3.05, 3.63) is 41.7 Å². The number of allylic oxidation sites excluding steroid dienone is 1. The molecule has 7 heteroatoms. The topological polar surface area (TPSA) is 42.0 Å². The molecule has 0 aliphatic carbocycles. The first-order chi connectivity index (χ1) is 7.93. The highest BCUT2D eigenvalue weighted by atomic mass is 127. The summed E-state index contributed by atoms with van der Waals surface area (Å²) in [7, 11) is 0. The Bertz CT molecular complexity index is 451. The standard InChI is InChI=1S/C10H8F3IN2O/c1-6(5-11)10(12,13)8-4-7(2-3-15-8)9(17)16-14/h2-4H,1,5H2,(H,16,17). The van der Waals surface area contributed by atoms with Crippen LogP contribution in [0.1, 0.15) is 16.1 Å². The lowest BCUT2D eigenvalue weighted by Gasteiger charge is -2.16. The maximum Gasteiger partial charge on any atom is 0.313 e. The van der Waals surface area contributed by atoms with Crippen molar-refractivity contribution in [2.75, 3.05) is 6.67 Å². The first kappa shape index (κ1) is 13.9. The van der Waals surface area contributed by atoms with Gasteiger partial charge in [0.2, 0.25) is 0 Å². The van der Waals surface area contributed by atoms with Gasteiger partial charge in [0.05, 0.1) is 22.9 Å². The van der Waals surface area contributed by atoms with Gasteiger partial charge in [-0.2, -0.15) is 8.78 Å². The summed E-state index contributed by atoms with van der Waals surface area (Å²) in [6, 6.07) is 2.20. The summed E-state index contributed by atoms with van der Waals surface area (Å²) in [4.78, 5) is 14.7. The van der Waals surface area contributed by atoms with Crippen LogP contribution in [0.2, 0.25) is 0 Å². The number of aromatic nitrogens is 1. The third kappa shape index (κ3) is 2.96. The zero-order valence-corrected chi connectivity index (χ0v) is 10.7. The maximum absolute atomic E-state index is 13.6. The van der Waals surface area contributed by atoms with Gasteiger partial charge in [0.15, 0.2) is 0 Å². The molecule has 0 saturated carbocycles. The summed E-state index contributed by atoms with van der Waals surface area (Å²) < 4.78 is 41.6. The molecule has 0 aliphatic rings. The largest absolute Gasteiger partial charge is 0.313 e. The summed E-state index contributed by atoms with van der Waals surface area (Å²) in [5.41, 5.74) is -1.56. The van der Waals surface area contributed by atoms with E-state index in [1.54, 1.807) is 22.9 Å². The number of halogens is 4. The number of nitrogens with zero attached hydrogens (tertiary/aromatic N) is 1. The Labute approximate surface area is 110 Å². The van der Waals surface area contributed by atoms with Gasteiger partial charge in [-0.25, -0.2) is 4.39 Å². The molecule has 3 nitrogen and oxygen atoms in total. The van der Waals surface area contributed by atoms with Crippen LogP contribution in [0.4, 0.5) is 13.2 Å². The van der Waals surface area contributed by atoms with Crippen molar-refractivity contribution in [2.24, 2.45) is 0 Å². The predicted octanol–water partition coefficient (Wildman–Crippen LogP) is 2.78. The molecule has 0 spiro atoms. The minimum atomic E-state index is -3.59. The number of nitrogens with one attached hydrogen (secondary N) is 1. The molecule has 1 heterocycles. The van der Waals surface area contributed by atoms with Crippen LogP contribution < -0.4 is 3.53 Å². The van der Waals surface area contributed by atoms with Crippen molar-refractivity contribution in [3.8, 4) is 0 Å². The van der Waals surface area contributed by atoms with Crippen molar-refractivity contribution >= 4 is 28.8 Å². The van der Waals surface area contributed by atoms with Gasteiger partial charge in [-0.3, -0.25) is 13.3 Å². The average Bonchev–Trinajstić information content (AvgIpc) is 2.36. The van der Waals surface area contributed by atoms with Gasteiger partial charge in [-0.05, 0) is 12.1 Å². The number of rotatable bonds is 4. The Morgan fingerprint density at radius 3 is 2.76 bits per heavy atom. The molecule has 1 aromatic heterocycles. The Kier molecular flexibility index (Phi) is 4.49. The van der Waals surface area contributed by atoms with Gasteiger partial charge >= 0.3 is 5.92 Å². The van der Waals surface area contributed by atoms with Crippen molar-refractivity contribution in [1.29, 1.82) is 0 Å². The molecule has 1 amide bonds. The van der Waals surface area contributed by atoms with Gasteiger partial charge in [0, 0.05) is 17.3 Å². The molecular formula is C10H8F3IN2O. The molecule has 0 bridgehead atoms. The first-order valence-corrected chi connectivity index (χ1v) is 5.51. The lowest BCUT2D eigenvalue weighted by atomic mass is 10.1. The van der Waals surface area contributed by atoms with Crippen molar-refractivity contribution in [2.45, 2.75) is 5.92 Å². The zero-order valence-electron chi connectivity index (χ0n) is 8.51. The second-order valence-corrected chi connectivity index (χ2v) is 3.70. The Hall–Kier alpha value is -1.12. The molecule has 0 saturated heterocycles. The van der Waals surface area contributed by atoms with E-state index >= 15 is 0 Å². The minimum absolute atomic E-state index is 0.0238. The summed E-state index contributed by atoms with van der Waals surface area (Å²) in [5, 5.41) is 0. The molecule has 0 aromatic carbocycles. The normalized spacial score (nSPS) is 11.1. The van der Waals surface area contributed by atoms with Crippen LogP contribution >= 0.6 is 22.9 Å². The maximum atomic E-state index is 13.6.